The minimum absolute atomic E-state index is 0.383. The first kappa shape index (κ1) is 14.5. The highest BCUT2D eigenvalue weighted by Crippen LogP contribution is 2.26. The first-order valence-corrected chi connectivity index (χ1v) is 6.83. The van der Waals surface area contributed by atoms with Crippen LogP contribution in [0.1, 0.15) is 12.7 Å². The molecule has 0 N–H and O–H groups in total. The van der Waals surface area contributed by atoms with E-state index in [1.807, 2.05) is 6.07 Å². The van der Waals surface area contributed by atoms with Crippen molar-refractivity contribution in [1.82, 2.24) is 14.9 Å². The number of nitrogens with zero attached hydrogens (tertiary/aromatic N) is 4. The molecule has 0 aromatic carbocycles. The fourth-order valence-corrected chi connectivity index (χ4v) is 2.81. The maximum Gasteiger partial charge on any atom is 0.158 e. The zero-order chi connectivity index (χ0) is 14.0. The van der Waals surface area contributed by atoms with Crippen LogP contribution >= 0.6 is 11.6 Å². The molecular formula is C13H21ClN4O. The third-order valence-corrected chi connectivity index (χ3v) is 3.75. The van der Waals surface area contributed by atoms with Gasteiger partial charge >= 0.3 is 0 Å². The summed E-state index contributed by atoms with van der Waals surface area (Å²) >= 11 is 6.06. The molecule has 0 aliphatic carbocycles. The predicted molar refractivity (Wildman–Crippen MR) is 76.6 cm³/mol. The van der Waals surface area contributed by atoms with Crippen molar-refractivity contribution in [1.29, 1.82) is 0 Å². The number of hydrogen-bond donors (Lipinski definition) is 0. The van der Waals surface area contributed by atoms with Gasteiger partial charge in [-0.2, -0.15) is 0 Å². The summed E-state index contributed by atoms with van der Waals surface area (Å²) in [6.45, 7) is 4.61. The summed E-state index contributed by atoms with van der Waals surface area (Å²) in [6, 6.07) is 2.37. The molecular weight excluding hydrogens is 264 g/mol. The van der Waals surface area contributed by atoms with Gasteiger partial charge in [0, 0.05) is 32.3 Å². The predicted octanol–water partition coefficient (Wildman–Crippen LogP) is 1.66. The third kappa shape index (κ3) is 3.35. The normalized spacial score (nSPS) is 23.4. The second kappa shape index (κ2) is 6.03. The molecule has 0 radical (unpaired) electrons. The molecule has 1 aliphatic heterocycles. The second-order valence-electron chi connectivity index (χ2n) is 5.31. The van der Waals surface area contributed by atoms with Crippen LogP contribution in [0.15, 0.2) is 6.07 Å². The lowest BCUT2D eigenvalue weighted by atomic mass is 10.1. The highest BCUT2D eigenvalue weighted by atomic mass is 35.5. The molecule has 5 nitrogen and oxygen atoms in total. The van der Waals surface area contributed by atoms with Crippen molar-refractivity contribution in [2.75, 3.05) is 39.2 Å². The average Bonchev–Trinajstić information content (AvgIpc) is 2.71. The van der Waals surface area contributed by atoms with E-state index in [-0.39, 0.29) is 0 Å². The van der Waals surface area contributed by atoms with E-state index < -0.39 is 0 Å². The Bertz CT molecular complexity index is 441. The number of methoxy groups -OCH3 is 1. The Morgan fingerprint density at radius 2 is 2.16 bits per heavy atom. The van der Waals surface area contributed by atoms with Gasteiger partial charge in [0.15, 0.2) is 5.82 Å². The first-order valence-electron chi connectivity index (χ1n) is 6.45. The number of likely N-dealkylation sites (N-methyl/N-ethyl adjacent to an activating group) is 1. The summed E-state index contributed by atoms with van der Waals surface area (Å²) in [5, 5.41) is 0.470. The quantitative estimate of drug-likeness (QED) is 0.787. The maximum absolute atomic E-state index is 6.06. The Morgan fingerprint density at radius 3 is 2.74 bits per heavy atom. The van der Waals surface area contributed by atoms with Crippen molar-refractivity contribution in [3.05, 3.63) is 17.0 Å². The molecule has 2 atom stereocenters. The Hall–Kier alpha value is -0.910. The van der Waals surface area contributed by atoms with Crippen LogP contribution in [0.5, 0.6) is 0 Å². The van der Waals surface area contributed by atoms with Gasteiger partial charge in [-0.3, -0.25) is 0 Å². The largest absolute Gasteiger partial charge is 0.377 e. The smallest absolute Gasteiger partial charge is 0.158 e. The summed E-state index contributed by atoms with van der Waals surface area (Å²) in [5.74, 6) is 2.13. The molecule has 2 unspecified atom stereocenters. The third-order valence-electron chi connectivity index (χ3n) is 3.56. The van der Waals surface area contributed by atoms with Gasteiger partial charge in [-0.05, 0) is 20.0 Å². The highest BCUT2D eigenvalue weighted by Gasteiger charge is 2.31. The van der Waals surface area contributed by atoms with E-state index in [1.54, 1.807) is 7.11 Å². The first-order chi connectivity index (χ1) is 9.01. The average molecular weight is 285 g/mol. The Kier molecular flexibility index (Phi) is 4.60. The summed E-state index contributed by atoms with van der Waals surface area (Å²) in [5.41, 5.74) is 0. The van der Waals surface area contributed by atoms with E-state index in [0.29, 0.717) is 29.5 Å². The number of ether oxygens (including phenoxy) is 1. The fraction of sp³-hybridized carbons (Fsp3) is 0.692. The van der Waals surface area contributed by atoms with Crippen molar-refractivity contribution in [2.24, 2.45) is 5.92 Å². The Morgan fingerprint density at radius 1 is 1.42 bits per heavy atom. The van der Waals surface area contributed by atoms with Crippen LogP contribution in [0.2, 0.25) is 5.15 Å². The molecule has 1 fully saturated rings. The molecule has 2 heterocycles. The number of anilines is 1. The van der Waals surface area contributed by atoms with E-state index >= 15 is 0 Å². The lowest BCUT2D eigenvalue weighted by molar-refractivity contribution is 0.178. The lowest BCUT2D eigenvalue weighted by Crippen LogP contribution is -2.34. The SMILES string of the molecule is COCc1nc(Cl)cc(N2CC(C)C(N(C)C)C2)n1. The van der Waals surface area contributed by atoms with E-state index in [1.165, 1.54) is 0 Å². The minimum atomic E-state index is 0.383. The molecule has 106 valence electrons. The molecule has 0 amide bonds. The monoisotopic (exact) mass is 284 g/mol. The van der Waals surface area contributed by atoms with Gasteiger partial charge in [0.05, 0.1) is 0 Å². The molecule has 1 aromatic heterocycles. The van der Waals surface area contributed by atoms with Gasteiger partial charge in [-0.1, -0.05) is 18.5 Å². The van der Waals surface area contributed by atoms with E-state index in [2.05, 4.69) is 40.8 Å². The van der Waals surface area contributed by atoms with Gasteiger partial charge in [0.25, 0.3) is 0 Å². The van der Waals surface area contributed by atoms with Gasteiger partial charge in [0.2, 0.25) is 0 Å². The molecule has 2 rings (SSSR count). The summed E-state index contributed by atoms with van der Waals surface area (Å²) in [6.07, 6.45) is 0. The van der Waals surface area contributed by atoms with Gasteiger partial charge in [0.1, 0.15) is 17.6 Å². The number of hydrogen-bond acceptors (Lipinski definition) is 5. The van der Waals surface area contributed by atoms with Crippen LogP contribution in [0.4, 0.5) is 5.82 Å². The van der Waals surface area contributed by atoms with Crippen molar-refractivity contribution < 1.29 is 4.74 Å². The minimum Gasteiger partial charge on any atom is -0.377 e. The molecule has 1 aliphatic rings. The molecule has 1 saturated heterocycles. The fourth-order valence-electron chi connectivity index (χ4n) is 2.62. The van der Waals surface area contributed by atoms with Crippen LogP contribution in [-0.4, -0.2) is 55.2 Å². The zero-order valence-electron chi connectivity index (χ0n) is 11.9. The molecule has 19 heavy (non-hydrogen) atoms. The van der Waals surface area contributed by atoms with Crippen LogP contribution in [0.25, 0.3) is 0 Å². The molecule has 6 heteroatoms. The summed E-state index contributed by atoms with van der Waals surface area (Å²) in [7, 11) is 5.87. The molecule has 0 spiro atoms. The number of rotatable bonds is 4. The highest BCUT2D eigenvalue weighted by molar-refractivity contribution is 6.29. The molecule has 0 bridgehead atoms. The second-order valence-corrected chi connectivity index (χ2v) is 5.70. The van der Waals surface area contributed by atoms with Gasteiger partial charge in [-0.15, -0.1) is 0 Å². The Balaban J connectivity index is 2.18. The zero-order valence-corrected chi connectivity index (χ0v) is 12.7. The number of aromatic nitrogens is 2. The van der Waals surface area contributed by atoms with E-state index in [9.17, 15) is 0 Å². The van der Waals surface area contributed by atoms with Crippen LogP contribution in [-0.2, 0) is 11.3 Å². The topological polar surface area (TPSA) is 41.5 Å². The molecule has 0 saturated carbocycles. The number of halogens is 1. The van der Waals surface area contributed by atoms with Gasteiger partial charge in [-0.25, -0.2) is 9.97 Å². The van der Waals surface area contributed by atoms with Crippen molar-refractivity contribution in [3.63, 3.8) is 0 Å². The van der Waals surface area contributed by atoms with Crippen LogP contribution in [0, 0.1) is 5.92 Å². The Labute approximate surface area is 119 Å². The van der Waals surface area contributed by atoms with Crippen molar-refractivity contribution in [2.45, 2.75) is 19.6 Å². The molecule has 1 aromatic rings. The van der Waals surface area contributed by atoms with Gasteiger partial charge < -0.3 is 14.5 Å². The standard InChI is InChI=1S/C13H21ClN4O/c1-9-6-18(7-10(9)17(2)3)13-5-11(14)15-12(16-13)8-19-4/h5,9-10H,6-8H2,1-4H3. The lowest BCUT2D eigenvalue weighted by Gasteiger charge is -2.22. The van der Waals surface area contributed by atoms with E-state index in [0.717, 1.165) is 18.9 Å². The summed E-state index contributed by atoms with van der Waals surface area (Å²) in [4.78, 5) is 13.2. The van der Waals surface area contributed by atoms with Crippen LogP contribution < -0.4 is 4.90 Å². The van der Waals surface area contributed by atoms with Crippen LogP contribution in [0.3, 0.4) is 0 Å². The summed E-state index contributed by atoms with van der Waals surface area (Å²) < 4.78 is 5.07. The van der Waals surface area contributed by atoms with Crippen molar-refractivity contribution >= 4 is 17.4 Å². The van der Waals surface area contributed by atoms with E-state index in [4.69, 9.17) is 16.3 Å². The maximum atomic E-state index is 6.06. The van der Waals surface area contributed by atoms with Crippen molar-refractivity contribution in [3.8, 4) is 0 Å².